The first-order valence-electron chi connectivity index (χ1n) is 14.5. The number of piperidine rings is 1. The van der Waals surface area contributed by atoms with Gasteiger partial charge < -0.3 is 15.1 Å². The van der Waals surface area contributed by atoms with Gasteiger partial charge in [0, 0.05) is 51.2 Å². The molecule has 5 fully saturated rings. The van der Waals surface area contributed by atoms with Crippen LogP contribution in [0.25, 0.3) is 0 Å². The van der Waals surface area contributed by atoms with Crippen molar-refractivity contribution in [1.29, 1.82) is 0 Å². The lowest BCUT2D eigenvalue weighted by molar-refractivity contribution is -0.203. The summed E-state index contributed by atoms with van der Waals surface area (Å²) in [5.74, 6) is -1.84. The average Bonchev–Trinajstić information content (AvgIpc) is 3.54. The van der Waals surface area contributed by atoms with Crippen molar-refractivity contribution in [1.82, 2.24) is 35.8 Å². The van der Waals surface area contributed by atoms with Gasteiger partial charge in [-0.05, 0) is 64.5 Å². The number of alkyl halides is 4. The number of carbonyl (C=O) groups is 2. The van der Waals surface area contributed by atoms with Gasteiger partial charge in [-0.3, -0.25) is 19.8 Å². The molecule has 0 bridgehead atoms. The first-order valence-corrected chi connectivity index (χ1v) is 15.0. The highest BCUT2D eigenvalue weighted by Gasteiger charge is 2.52. The normalized spacial score (nSPS) is 36.9. The van der Waals surface area contributed by atoms with E-state index in [9.17, 15) is 22.8 Å². The van der Waals surface area contributed by atoms with Crippen molar-refractivity contribution in [3.8, 4) is 0 Å². The number of likely N-dealkylation sites (N-methyl/N-ethyl adjacent to an activating group) is 1. The van der Waals surface area contributed by atoms with Crippen molar-refractivity contribution < 1.29 is 22.8 Å². The van der Waals surface area contributed by atoms with Crippen molar-refractivity contribution in [3.05, 3.63) is 0 Å². The van der Waals surface area contributed by atoms with Crippen molar-refractivity contribution in [3.63, 3.8) is 0 Å². The number of halogens is 4. The molecule has 6 atom stereocenters. The monoisotopic (exact) mass is 577 g/mol. The molecule has 13 heteroatoms. The van der Waals surface area contributed by atoms with Crippen LogP contribution in [0.2, 0.25) is 0 Å². The smallest absolute Gasteiger partial charge is 0.341 e. The second kappa shape index (κ2) is 12.0. The third-order valence-electron chi connectivity index (χ3n) is 9.74. The van der Waals surface area contributed by atoms with E-state index in [1.165, 1.54) is 7.05 Å². The fourth-order valence-electron chi connectivity index (χ4n) is 7.90. The Hall–Kier alpha value is -1.18. The summed E-state index contributed by atoms with van der Waals surface area (Å²) in [4.78, 5) is 30.5. The average molecular weight is 578 g/mol. The molecule has 222 valence electrons. The minimum Gasteiger partial charge on any atom is -0.341 e. The van der Waals surface area contributed by atoms with E-state index < -0.39 is 30.0 Å². The summed E-state index contributed by atoms with van der Waals surface area (Å²) in [6.45, 7) is 2.58. The zero-order valence-electron chi connectivity index (χ0n) is 22.9. The number of hydrogen-bond donors (Lipinski definition) is 3. The summed E-state index contributed by atoms with van der Waals surface area (Å²) in [6, 6.07) is -0.888. The van der Waals surface area contributed by atoms with Crippen LogP contribution in [0.5, 0.6) is 0 Å². The molecule has 0 aromatic carbocycles. The highest BCUT2D eigenvalue weighted by Crippen LogP contribution is 2.41. The summed E-state index contributed by atoms with van der Waals surface area (Å²) in [7, 11) is 2.97. The fraction of sp³-hybridized carbons (Fsp3) is 0.923. The van der Waals surface area contributed by atoms with Crippen molar-refractivity contribution in [2.24, 2.45) is 11.8 Å². The number of hydrazine groups is 1. The molecule has 1 saturated carbocycles. The molecular formula is C26H43ClF3N7O2. The maximum Gasteiger partial charge on any atom is 0.409 e. The Morgan fingerprint density at radius 3 is 2.54 bits per heavy atom. The lowest BCUT2D eigenvalue weighted by atomic mass is 9.78. The van der Waals surface area contributed by atoms with E-state index in [-0.39, 0.29) is 36.7 Å². The largest absolute Gasteiger partial charge is 0.409 e. The third-order valence-corrected chi connectivity index (χ3v) is 10.0. The third kappa shape index (κ3) is 6.06. The van der Waals surface area contributed by atoms with Crippen LogP contribution in [0.1, 0.15) is 51.4 Å². The molecule has 5 rings (SSSR count). The van der Waals surface area contributed by atoms with E-state index in [4.69, 9.17) is 11.6 Å². The van der Waals surface area contributed by atoms with Crippen LogP contribution in [0.3, 0.4) is 0 Å². The predicted octanol–water partition coefficient (Wildman–Crippen LogP) is 1.54. The molecule has 3 N–H and O–H groups in total. The maximum atomic E-state index is 14.4. The van der Waals surface area contributed by atoms with Crippen LogP contribution in [0.4, 0.5) is 13.2 Å². The number of fused-ring (bicyclic) bond motifs is 3. The van der Waals surface area contributed by atoms with E-state index in [0.717, 1.165) is 37.3 Å². The topological polar surface area (TPSA) is 83.2 Å². The summed E-state index contributed by atoms with van der Waals surface area (Å²) in [5.41, 5.74) is 3.32. The van der Waals surface area contributed by atoms with E-state index in [2.05, 4.69) is 26.0 Å². The number of rotatable bonds is 6. The number of nitrogens with one attached hydrogen (secondary N) is 3. The van der Waals surface area contributed by atoms with Gasteiger partial charge in [-0.2, -0.15) is 13.2 Å². The minimum atomic E-state index is -4.50. The van der Waals surface area contributed by atoms with E-state index in [1.807, 2.05) is 0 Å². The van der Waals surface area contributed by atoms with Gasteiger partial charge in [0.2, 0.25) is 11.8 Å². The van der Waals surface area contributed by atoms with Crippen LogP contribution in [0, 0.1) is 11.8 Å². The molecule has 4 saturated heterocycles. The molecule has 9 nitrogen and oxygen atoms in total. The Bertz CT molecular complexity index is 890. The van der Waals surface area contributed by atoms with Gasteiger partial charge in [-0.1, -0.05) is 0 Å². The standard InChI is InChI=1S/C26H43ClF3N7O2/c1-31-14-23(38)35-11-9-17(15-35)25(39)34(2)24(26(28,29)30)16-5-7-18(8-6-16)36-10-3-4-19-20(36)13-32-22-12-21(27)33-37(19)22/h16-22,24,31-33H,3-15H2,1-2H3/t16?,17-,18?,19?,20?,21?,22?,24+/m1/s1. The van der Waals surface area contributed by atoms with Gasteiger partial charge in [0.25, 0.3) is 0 Å². The summed E-state index contributed by atoms with van der Waals surface area (Å²) in [5, 5.41) is 8.69. The highest BCUT2D eigenvalue weighted by molar-refractivity contribution is 6.20. The number of amides is 2. The Morgan fingerprint density at radius 1 is 1.10 bits per heavy atom. The lowest BCUT2D eigenvalue weighted by Gasteiger charge is -2.53. The number of hydrogen-bond acceptors (Lipinski definition) is 7. The molecule has 5 aliphatic rings. The SMILES string of the molecule is CNCC(=O)N1CC[C@@H](C(=O)N(C)[C@@H](C2CCC(N3CCCC4C3CNC3CC(Cl)NN34)CC2)C(F)(F)F)C1. The summed E-state index contributed by atoms with van der Waals surface area (Å²) < 4.78 is 43.3. The number of likely N-dealkylation sites (tertiary alicyclic amines) is 2. The van der Waals surface area contributed by atoms with Crippen LogP contribution in [0.15, 0.2) is 0 Å². The van der Waals surface area contributed by atoms with Crippen molar-refractivity contribution in [2.45, 2.75) is 93.4 Å². The second-order valence-corrected chi connectivity index (χ2v) is 12.6. The van der Waals surface area contributed by atoms with Gasteiger partial charge in [0.05, 0.1) is 24.1 Å². The number of carbonyl (C=O) groups excluding carboxylic acids is 2. The van der Waals surface area contributed by atoms with Crippen LogP contribution in [-0.2, 0) is 9.59 Å². The van der Waals surface area contributed by atoms with Gasteiger partial charge in [-0.25, -0.2) is 10.4 Å². The molecular weight excluding hydrogens is 535 g/mol. The van der Waals surface area contributed by atoms with Crippen LogP contribution < -0.4 is 16.1 Å². The highest BCUT2D eigenvalue weighted by atomic mass is 35.5. The van der Waals surface area contributed by atoms with Gasteiger partial charge in [0.1, 0.15) is 6.04 Å². The zero-order chi connectivity index (χ0) is 27.9. The quantitative estimate of drug-likeness (QED) is 0.326. The molecule has 0 aromatic heterocycles. The summed E-state index contributed by atoms with van der Waals surface area (Å²) >= 11 is 6.36. The van der Waals surface area contributed by atoms with Gasteiger partial charge in [0.15, 0.2) is 0 Å². The Kier molecular flexibility index (Phi) is 9.00. The molecule has 0 radical (unpaired) electrons. The predicted molar refractivity (Wildman–Crippen MR) is 142 cm³/mol. The van der Waals surface area contributed by atoms with Crippen molar-refractivity contribution in [2.75, 3.05) is 46.8 Å². The van der Waals surface area contributed by atoms with Crippen LogP contribution in [-0.4, -0.2) is 120 Å². The van der Waals surface area contributed by atoms with E-state index in [0.29, 0.717) is 50.7 Å². The van der Waals surface area contributed by atoms with Gasteiger partial charge >= 0.3 is 6.18 Å². The summed E-state index contributed by atoms with van der Waals surface area (Å²) in [6.07, 6.45) is 1.44. The molecule has 39 heavy (non-hydrogen) atoms. The Balaban J connectivity index is 1.20. The molecule has 2 amide bonds. The van der Waals surface area contributed by atoms with E-state index in [1.54, 1.807) is 11.9 Å². The Morgan fingerprint density at radius 2 is 1.85 bits per heavy atom. The van der Waals surface area contributed by atoms with Gasteiger partial charge in [-0.15, -0.1) is 11.6 Å². The fourth-order valence-corrected chi connectivity index (χ4v) is 8.18. The molecule has 1 aliphatic carbocycles. The molecule has 4 aliphatic heterocycles. The lowest BCUT2D eigenvalue weighted by Crippen LogP contribution is -2.70. The Labute approximate surface area is 234 Å². The first-order chi connectivity index (χ1) is 18.6. The molecule has 4 unspecified atom stereocenters. The molecule has 0 aromatic rings. The molecule has 0 spiro atoms. The first kappa shape index (κ1) is 29.3. The number of nitrogens with zero attached hydrogens (tertiary/aromatic N) is 4. The minimum absolute atomic E-state index is 0.0767. The van der Waals surface area contributed by atoms with Crippen molar-refractivity contribution >= 4 is 23.4 Å². The van der Waals surface area contributed by atoms with E-state index >= 15 is 0 Å². The second-order valence-electron chi connectivity index (χ2n) is 12.0. The maximum absolute atomic E-state index is 14.4. The van der Waals surface area contributed by atoms with Crippen LogP contribution >= 0.6 is 11.6 Å². The zero-order valence-corrected chi connectivity index (χ0v) is 23.7. The molecule has 4 heterocycles.